The number of ketones is 2. The van der Waals surface area contributed by atoms with Gasteiger partial charge in [-0.25, -0.2) is 0 Å². The second-order valence-electron chi connectivity index (χ2n) is 16.1. The van der Waals surface area contributed by atoms with Crippen LogP contribution in [0.1, 0.15) is 78.0 Å². The van der Waals surface area contributed by atoms with E-state index in [9.17, 15) is 38.3 Å². The molecule has 4 aromatic rings. The van der Waals surface area contributed by atoms with Crippen molar-refractivity contribution >= 4 is 47.0 Å². The topological polar surface area (TPSA) is 212 Å². The van der Waals surface area contributed by atoms with Crippen LogP contribution in [-0.4, -0.2) is 82.4 Å². The van der Waals surface area contributed by atoms with Gasteiger partial charge in [0.15, 0.2) is 11.6 Å². The number of halogens is 1. The number of carbonyl (C=O) groups is 6. The molecule has 5 rings (SSSR count). The number of aryl methyl sites for hydroxylation is 1. The Kier molecular flexibility index (Phi) is 26.8. The number of thiol groups is 1. The number of nitrogens with one attached hydrogen (secondary N) is 4. The number of Topliss-reactive ketones (excluding diaryl/α,β-unsaturated/α-hetero) is 2. The Morgan fingerprint density at radius 3 is 1.45 bits per heavy atom. The first kappa shape index (κ1) is 55.6. The Hall–Kier alpha value is -5.54. The number of alkyl halides is 1. The summed E-state index contributed by atoms with van der Waals surface area (Å²) in [6.07, 6.45) is 1.63. The van der Waals surface area contributed by atoms with E-state index in [1.165, 1.54) is 12.5 Å². The summed E-state index contributed by atoms with van der Waals surface area (Å²) in [6.45, 7) is 10.8. The Balaban J connectivity index is 0.000000522. The van der Waals surface area contributed by atoms with E-state index >= 15 is 0 Å². The number of carbonyl (C=O) groups excluding carboxylic acids is 6. The zero-order valence-electron chi connectivity index (χ0n) is 39.3. The molecule has 8 atom stereocenters. The fourth-order valence-electron chi connectivity index (χ4n) is 6.43. The molecular weight excluding hydrogens is 848 g/mol. The molecule has 14 heteroatoms. The first-order valence-corrected chi connectivity index (χ1v) is 22.0. The van der Waals surface area contributed by atoms with Gasteiger partial charge in [-0.2, -0.15) is 0 Å². The maximum absolute atomic E-state index is 12.6. The Morgan fingerprint density at radius 2 is 1.06 bits per heavy atom. The van der Waals surface area contributed by atoms with Crippen molar-refractivity contribution in [2.24, 2.45) is 17.8 Å². The molecule has 354 valence electrons. The first-order valence-electron chi connectivity index (χ1n) is 22.3. The van der Waals surface area contributed by atoms with Gasteiger partial charge in [0.25, 0.3) is 0 Å². The summed E-state index contributed by atoms with van der Waals surface area (Å²) in [4.78, 5) is 71.9. The van der Waals surface area contributed by atoms with E-state index in [-0.39, 0.29) is 58.4 Å². The molecule has 0 spiro atoms. The minimum atomic E-state index is -1.00. The molecule has 0 bridgehead atoms. The van der Waals surface area contributed by atoms with E-state index in [0.717, 1.165) is 23.1 Å². The van der Waals surface area contributed by atoms with Gasteiger partial charge in [-0.1, -0.05) is 135 Å². The van der Waals surface area contributed by atoms with Crippen LogP contribution in [0.5, 0.6) is 0 Å². The molecule has 1 fully saturated rings. The molecule has 0 radical (unpaired) electrons. The van der Waals surface area contributed by atoms with E-state index in [0.29, 0.717) is 37.6 Å². The lowest BCUT2D eigenvalue weighted by molar-refractivity contribution is -0.134. The summed E-state index contributed by atoms with van der Waals surface area (Å²) in [5, 5.41) is 21.0. The van der Waals surface area contributed by atoms with Gasteiger partial charge in [-0.05, 0) is 69.2 Å². The van der Waals surface area contributed by atoms with Crippen LogP contribution < -0.4 is 21.3 Å². The molecule has 3 amide bonds. The average Bonchev–Trinajstić information content (AvgIpc) is 4.04. The number of hydrogen-bond acceptors (Lipinski definition) is 8. The monoisotopic (exact) mass is 917 g/mol. The van der Waals surface area contributed by atoms with Gasteiger partial charge in [-0.3, -0.25) is 33.2 Å². The second-order valence-corrected chi connectivity index (χ2v) is 16.5. The lowest BCUT2D eigenvalue weighted by atomic mass is 9.93. The van der Waals surface area contributed by atoms with Crippen LogP contribution in [0.15, 0.2) is 121 Å². The summed E-state index contributed by atoms with van der Waals surface area (Å²) in [5.74, 6) is -2.00. The molecule has 1 unspecified atom stereocenters. The number of benzene rings is 4. The van der Waals surface area contributed by atoms with E-state index in [4.69, 9.17) is 1.37 Å². The Labute approximate surface area is 391 Å². The molecule has 1 saturated heterocycles. The molecule has 0 aromatic heterocycles. The largest absolute Gasteiger partial charge is 0.412 e. The van der Waals surface area contributed by atoms with Crippen LogP contribution in [0.4, 0.5) is 4.39 Å². The van der Waals surface area contributed by atoms with Gasteiger partial charge in [-0.15, -0.1) is 12.6 Å². The van der Waals surface area contributed by atoms with Gasteiger partial charge in [0.2, 0.25) is 22.8 Å². The highest BCUT2D eigenvalue weighted by Gasteiger charge is 2.37. The third-order valence-corrected chi connectivity index (χ3v) is 11.0. The zero-order valence-corrected chi connectivity index (χ0v) is 39.2. The zero-order chi connectivity index (χ0) is 48.3. The van der Waals surface area contributed by atoms with Crippen molar-refractivity contribution in [2.45, 2.75) is 110 Å². The van der Waals surface area contributed by atoms with Crippen LogP contribution in [0.2, 0.25) is 0 Å². The first-order chi connectivity index (χ1) is 31.0. The van der Waals surface area contributed by atoms with Gasteiger partial charge in [0.05, 0.1) is 38.7 Å². The van der Waals surface area contributed by atoms with E-state index < -0.39 is 31.3 Å². The van der Waals surface area contributed by atoms with Crippen LogP contribution >= 0.6 is 12.6 Å². The van der Waals surface area contributed by atoms with Crippen molar-refractivity contribution in [1.82, 2.24) is 21.3 Å². The average molecular weight is 918 g/mol. The summed E-state index contributed by atoms with van der Waals surface area (Å²) in [5.41, 5.74) is 4.34. The smallest absolute Gasteiger partial charge is 0.226 e. The predicted octanol–water partition coefficient (Wildman–Crippen LogP) is 5.78. The van der Waals surface area contributed by atoms with Crippen molar-refractivity contribution in [3.63, 3.8) is 0 Å². The Bertz CT molecular complexity index is 2040. The van der Waals surface area contributed by atoms with Crippen LogP contribution in [0, 0.1) is 17.8 Å². The van der Waals surface area contributed by atoms with Gasteiger partial charge < -0.3 is 31.8 Å². The van der Waals surface area contributed by atoms with E-state index in [1.54, 1.807) is 13.8 Å². The van der Waals surface area contributed by atoms with Crippen molar-refractivity contribution < 1.29 is 45.1 Å². The van der Waals surface area contributed by atoms with Gasteiger partial charge in [0, 0.05) is 37.3 Å². The lowest BCUT2D eigenvalue weighted by Gasteiger charge is -2.22. The molecule has 12 nitrogen and oxygen atoms in total. The molecule has 1 aliphatic heterocycles. The molecule has 0 aliphatic carbocycles. The molecule has 1 aliphatic rings. The lowest BCUT2D eigenvalue weighted by Crippen LogP contribution is -2.44. The summed E-state index contributed by atoms with van der Waals surface area (Å²) >= 11 is 3.68. The third-order valence-electron chi connectivity index (χ3n) is 10.6. The highest BCUT2D eigenvalue weighted by Crippen LogP contribution is 2.16. The number of amides is 3. The van der Waals surface area contributed by atoms with Crippen LogP contribution in [-0.2, 0) is 54.6 Å². The number of aliphatic hydroxyl groups is 1. The number of aliphatic hydroxyl groups excluding tert-OH is 1. The second kappa shape index (κ2) is 31.4. The summed E-state index contributed by atoms with van der Waals surface area (Å²) in [7, 11) is -1.00. The number of hydrogen-bond donors (Lipinski definition) is 6. The highest BCUT2D eigenvalue weighted by atomic mass is 32.1. The summed E-state index contributed by atoms with van der Waals surface area (Å²) < 4.78 is 15.5. The van der Waals surface area contributed by atoms with Crippen molar-refractivity contribution in [2.75, 3.05) is 7.15 Å². The normalized spacial score (nSPS) is 16.2. The third kappa shape index (κ3) is 22.8. The highest BCUT2D eigenvalue weighted by molar-refractivity contribution is 7.96. The Morgan fingerprint density at radius 1 is 0.677 bits per heavy atom. The SMILES string of the molecule is C[C@@H]1N[C@@H]1C(=O)CCc1ccccc1.C[C@H](NC(=O)[C@@H](C)Cc1ccccc1)C(=O)CC(C(=O)NCc1ccccc1)[C@@H](C)O.C[C@H](NC(=O)[C@@H](C)Cc1ccccc1)C(=O)S.O.[2H]CF. The van der Waals surface area contributed by atoms with Crippen molar-refractivity contribution in [1.29, 1.82) is 0 Å². The fourth-order valence-corrected chi connectivity index (χ4v) is 6.50. The summed E-state index contributed by atoms with van der Waals surface area (Å²) in [6, 6.07) is 38.3. The van der Waals surface area contributed by atoms with E-state index in [2.05, 4.69) is 46.0 Å². The van der Waals surface area contributed by atoms with E-state index in [1.807, 2.05) is 130 Å². The minimum absolute atomic E-state index is 0. The van der Waals surface area contributed by atoms with Gasteiger partial charge in [0.1, 0.15) is 0 Å². The number of rotatable bonds is 20. The predicted molar refractivity (Wildman–Crippen MR) is 258 cm³/mol. The van der Waals surface area contributed by atoms with Gasteiger partial charge >= 0.3 is 0 Å². The molecule has 4 aromatic carbocycles. The van der Waals surface area contributed by atoms with Crippen LogP contribution in [0.3, 0.4) is 0 Å². The molecule has 1 heterocycles. The van der Waals surface area contributed by atoms with Crippen molar-refractivity contribution in [3.8, 4) is 0 Å². The minimum Gasteiger partial charge on any atom is -0.412 e. The van der Waals surface area contributed by atoms with Crippen molar-refractivity contribution in [3.05, 3.63) is 144 Å². The maximum atomic E-state index is 12.6. The fraction of sp³-hybridized carbons (Fsp3) is 0.412. The van der Waals surface area contributed by atoms with Crippen LogP contribution in [0.25, 0.3) is 0 Å². The standard InChI is InChI=1S/C25H32N2O4.C13H17NO2S.C12H15NO.CH3F.H2O/c1-17(14-20-10-6-4-7-11-20)24(30)27-18(2)23(29)15-22(19(3)28)25(31)26-16-21-12-8-5-9-13-21;1-9(8-11-6-4-3-5-7-11)12(15)14-10(2)13(16)17;1-9-12(13-9)11(14)8-7-10-5-3-2-4-6-10;1-2;/h4-13,17-19,22,28H,14-16H2,1-3H3,(H,26,31)(H,27,30);3-7,9-10H,8H2,1-2H3,(H,14,15)(H,16,17);2-6,9,12-13H,7-8H2,1H3;1H3;1H2/t17-,18-,19+,22?;9-,10-;9-,12-;;/m000../s1/i;;;1D;. The molecule has 65 heavy (non-hydrogen) atoms. The molecule has 0 saturated carbocycles. The molecular formula is C51H69FN4O8S. The quantitative estimate of drug-likeness (QED) is 0.0472. The molecule has 7 N–H and O–H groups in total. The maximum Gasteiger partial charge on any atom is 0.226 e.